The van der Waals surface area contributed by atoms with Gasteiger partial charge in [-0.1, -0.05) is 6.92 Å². The molecule has 0 radical (unpaired) electrons. The van der Waals surface area contributed by atoms with Crippen LogP contribution in [0.3, 0.4) is 0 Å². The number of unbranched alkanes of at least 4 members (excludes halogenated alkanes) is 1. The van der Waals surface area contributed by atoms with E-state index in [0.717, 1.165) is 16.6 Å². The van der Waals surface area contributed by atoms with Gasteiger partial charge in [-0.15, -0.1) is 0 Å². The summed E-state index contributed by atoms with van der Waals surface area (Å²) in [7, 11) is -10.7. The molecule has 0 aliphatic carbocycles. The molecule has 0 N–H and O–H groups in total. The summed E-state index contributed by atoms with van der Waals surface area (Å²) >= 11 is 0. The Morgan fingerprint density at radius 1 is 0.771 bits per heavy atom. The van der Waals surface area contributed by atoms with E-state index in [-0.39, 0.29) is 0 Å². The Bertz CT molecular complexity index is 773. The maximum absolute atomic E-state index is 11.4. The molecule has 1 rings (SSSR count). The number of alkyl halides is 6. The van der Waals surface area contributed by atoms with Crippen molar-refractivity contribution in [1.82, 2.24) is 0 Å². The molecule has 0 aromatic heterocycles. The molecule has 0 saturated carbocycles. The number of sulfonamides is 2. The molecular weight excluding hydrogens is 550 g/mol. The third-order valence-corrected chi connectivity index (χ3v) is 11.1. The minimum Gasteiger partial charge on any atom is -0.421 e. The summed E-state index contributed by atoms with van der Waals surface area (Å²) in [4.78, 5) is 0. The second kappa shape index (κ2) is 13.9. The zero-order chi connectivity index (χ0) is 27.6. The van der Waals surface area contributed by atoms with Gasteiger partial charge >= 0.3 is 19.8 Å². The highest BCUT2D eigenvalue weighted by molar-refractivity contribution is 8.13. The van der Waals surface area contributed by atoms with Gasteiger partial charge in [0, 0.05) is 27.4 Å². The van der Waals surface area contributed by atoms with Crippen molar-refractivity contribution in [3.8, 4) is 0 Å². The fourth-order valence-electron chi connectivity index (χ4n) is 3.77. The lowest BCUT2D eigenvalue weighted by Gasteiger charge is -2.41. The molecule has 0 aromatic rings. The minimum absolute atomic E-state index is 0.778. The number of halogens is 6. The Labute approximate surface area is 204 Å². The molecular formula is C17H34F6N2O7S2Si. The summed E-state index contributed by atoms with van der Waals surface area (Å²) in [5.74, 6) is 0. The summed E-state index contributed by atoms with van der Waals surface area (Å²) < 4.78 is 127. The smallest absolute Gasteiger partial charge is 0.421 e. The molecule has 212 valence electrons. The van der Waals surface area contributed by atoms with E-state index >= 15 is 0 Å². The quantitative estimate of drug-likeness (QED) is 0.147. The van der Waals surface area contributed by atoms with Crippen molar-refractivity contribution in [2.45, 2.75) is 62.5 Å². The van der Waals surface area contributed by atoms with Gasteiger partial charge in [-0.05, 0) is 38.5 Å². The molecule has 0 unspecified atom stereocenters. The lowest BCUT2D eigenvalue weighted by Crippen LogP contribution is -2.52. The standard InChI is InChI=1S/C15H34NO3Si.C2F6NO4S2/c1-5-11-16(12-7-6-8-13-16)14-9-10-15-20(17-2,18-3)19-4;3-1(4,5)14(10,11)9-15(12,13)2(6,7)8/h5-15H2,1-4H3;/q+1;-1. The van der Waals surface area contributed by atoms with Crippen LogP contribution >= 0.6 is 0 Å². The lowest BCUT2D eigenvalue weighted by atomic mass is 10.1. The molecule has 1 aliphatic rings. The van der Waals surface area contributed by atoms with Gasteiger partial charge in [0.15, 0.2) is 20.0 Å². The zero-order valence-electron chi connectivity index (χ0n) is 20.1. The topological polar surface area (TPSA) is 110 Å². The molecule has 0 atom stereocenters. The molecule has 1 aliphatic heterocycles. The fraction of sp³-hybridized carbons (Fsp3) is 1.00. The molecule has 0 amide bonds. The first-order valence-corrected chi connectivity index (χ1v) is 15.5. The molecule has 0 spiro atoms. The van der Waals surface area contributed by atoms with Crippen molar-refractivity contribution in [3.63, 3.8) is 0 Å². The number of hydrogen-bond acceptors (Lipinski definition) is 7. The predicted molar refractivity (Wildman–Crippen MR) is 118 cm³/mol. The van der Waals surface area contributed by atoms with Crippen LogP contribution in [0.25, 0.3) is 4.13 Å². The molecule has 0 bridgehead atoms. The van der Waals surface area contributed by atoms with Gasteiger partial charge < -0.3 is 21.9 Å². The van der Waals surface area contributed by atoms with Gasteiger partial charge in [-0.25, -0.2) is 16.8 Å². The van der Waals surface area contributed by atoms with Crippen LogP contribution in [0, 0.1) is 0 Å². The normalized spacial score (nSPS) is 17.5. The number of quaternary nitrogens is 1. The van der Waals surface area contributed by atoms with E-state index in [0.29, 0.717) is 0 Å². The second-order valence-electron chi connectivity index (χ2n) is 7.97. The molecule has 18 heteroatoms. The average molecular weight is 585 g/mol. The number of likely N-dealkylation sites (tertiary alicyclic amines) is 1. The van der Waals surface area contributed by atoms with Gasteiger partial charge in [0.1, 0.15) is 0 Å². The third kappa shape index (κ3) is 10.8. The van der Waals surface area contributed by atoms with Crippen molar-refractivity contribution in [2.75, 3.05) is 47.5 Å². The largest absolute Gasteiger partial charge is 0.500 e. The van der Waals surface area contributed by atoms with Gasteiger partial charge in [0.25, 0.3) is 0 Å². The summed E-state index contributed by atoms with van der Waals surface area (Å²) in [6.07, 6.45) is 7.94. The van der Waals surface area contributed by atoms with Crippen LogP contribution < -0.4 is 0 Å². The van der Waals surface area contributed by atoms with E-state index < -0.39 is 39.9 Å². The maximum atomic E-state index is 11.4. The number of nitrogens with zero attached hydrogens (tertiary/aromatic N) is 2. The molecule has 9 nitrogen and oxygen atoms in total. The first kappa shape index (κ1) is 34.5. The van der Waals surface area contributed by atoms with Crippen molar-refractivity contribution < 1.29 is 60.9 Å². The van der Waals surface area contributed by atoms with Crippen molar-refractivity contribution in [3.05, 3.63) is 4.13 Å². The van der Waals surface area contributed by atoms with Crippen LogP contribution in [-0.4, -0.2) is 88.6 Å². The van der Waals surface area contributed by atoms with Gasteiger partial charge in [0.2, 0.25) is 0 Å². The lowest BCUT2D eigenvalue weighted by molar-refractivity contribution is -0.932. The number of rotatable bonds is 12. The Kier molecular flexibility index (Phi) is 13.7. The van der Waals surface area contributed by atoms with Crippen LogP contribution in [0.1, 0.15) is 45.4 Å². The maximum Gasteiger partial charge on any atom is 0.500 e. The average Bonchev–Trinajstić information content (AvgIpc) is 2.73. The van der Waals surface area contributed by atoms with Gasteiger partial charge in [-0.2, -0.15) is 26.3 Å². The van der Waals surface area contributed by atoms with Crippen molar-refractivity contribution in [2.24, 2.45) is 0 Å². The fourth-order valence-corrected chi connectivity index (χ4v) is 7.28. The van der Waals surface area contributed by atoms with Gasteiger partial charge in [0.05, 0.1) is 26.2 Å². The first-order valence-electron chi connectivity index (χ1n) is 10.7. The Hall–Kier alpha value is -0.503. The van der Waals surface area contributed by atoms with Crippen LogP contribution in [-0.2, 0) is 33.3 Å². The molecule has 1 saturated heterocycles. The molecule has 35 heavy (non-hydrogen) atoms. The van der Waals surface area contributed by atoms with Crippen molar-refractivity contribution in [1.29, 1.82) is 0 Å². The molecule has 0 aromatic carbocycles. The van der Waals surface area contributed by atoms with E-state index in [1.807, 2.05) is 0 Å². The van der Waals surface area contributed by atoms with E-state index in [9.17, 15) is 43.2 Å². The highest BCUT2D eigenvalue weighted by atomic mass is 32.3. The SMILES string of the molecule is CCC[N+]1(CCCC[Si](OC)(OC)OC)CCCCC1.O=S(=O)([N-]S(=O)(=O)C(F)(F)F)C(F)(F)F. The second-order valence-corrected chi connectivity index (χ2v) is 14.5. The molecule has 1 heterocycles. The Morgan fingerprint density at radius 2 is 1.20 bits per heavy atom. The minimum atomic E-state index is -6.72. The van der Waals surface area contributed by atoms with Crippen LogP contribution in [0.4, 0.5) is 26.3 Å². The van der Waals surface area contributed by atoms with Crippen LogP contribution in [0.2, 0.25) is 6.04 Å². The summed E-state index contributed by atoms with van der Waals surface area (Å²) in [6, 6.07) is 0.933. The van der Waals surface area contributed by atoms with E-state index in [2.05, 4.69) is 6.92 Å². The number of piperidine rings is 1. The monoisotopic (exact) mass is 584 g/mol. The van der Waals surface area contributed by atoms with Crippen molar-refractivity contribution >= 4 is 28.9 Å². The van der Waals surface area contributed by atoms with E-state index in [4.69, 9.17) is 13.3 Å². The Morgan fingerprint density at radius 3 is 1.54 bits per heavy atom. The molecule has 1 fully saturated rings. The Balaban J connectivity index is 0.000000691. The zero-order valence-corrected chi connectivity index (χ0v) is 22.7. The highest BCUT2D eigenvalue weighted by Crippen LogP contribution is 2.36. The van der Waals surface area contributed by atoms with Crippen LogP contribution in [0.5, 0.6) is 0 Å². The van der Waals surface area contributed by atoms with E-state index in [1.54, 1.807) is 21.3 Å². The van der Waals surface area contributed by atoms with E-state index in [1.165, 1.54) is 62.8 Å². The summed E-state index contributed by atoms with van der Waals surface area (Å²) in [6.45, 7) is 7.74. The first-order chi connectivity index (χ1) is 15.9. The summed E-state index contributed by atoms with van der Waals surface area (Å²) in [5, 5.41) is 0. The summed E-state index contributed by atoms with van der Waals surface area (Å²) in [5.41, 5.74) is -12.4. The highest BCUT2D eigenvalue weighted by Gasteiger charge is 2.47. The van der Waals surface area contributed by atoms with Gasteiger partial charge in [-0.3, -0.25) is 0 Å². The predicted octanol–water partition coefficient (Wildman–Crippen LogP) is 4.11. The third-order valence-electron chi connectivity index (χ3n) is 5.54. The van der Waals surface area contributed by atoms with Crippen LogP contribution in [0.15, 0.2) is 0 Å². The number of hydrogen-bond donors (Lipinski definition) is 0.